The molecule has 0 aliphatic carbocycles. The third-order valence-electron chi connectivity index (χ3n) is 6.45. The average Bonchev–Trinajstić information content (AvgIpc) is 2.86. The molecule has 0 spiro atoms. The summed E-state index contributed by atoms with van der Waals surface area (Å²) in [5, 5.41) is 0. The van der Waals surface area contributed by atoms with E-state index in [9.17, 15) is 16.8 Å². The first kappa shape index (κ1) is 45.5. The van der Waals surface area contributed by atoms with Gasteiger partial charge >= 0.3 is 90.6 Å². The first-order valence-corrected chi connectivity index (χ1v) is 19.7. The van der Waals surface area contributed by atoms with Gasteiger partial charge in [0.15, 0.2) is 0 Å². The van der Waals surface area contributed by atoms with Crippen molar-refractivity contribution in [1.29, 1.82) is 0 Å². The van der Waals surface area contributed by atoms with E-state index in [1.807, 2.05) is 6.07 Å². The number of benzene rings is 1. The molecule has 0 saturated heterocycles. The van der Waals surface area contributed by atoms with Crippen LogP contribution in [0.4, 0.5) is 0 Å². The normalized spacial score (nSPS) is 11.1. The molecule has 1 rings (SSSR count). The Kier molecular flexibility index (Phi) is 37.4. The van der Waals surface area contributed by atoms with Gasteiger partial charge in [-0.2, -0.15) is 16.8 Å². The number of unbranched alkanes of at least 4 members (excludes halogenated alkanes) is 18. The predicted octanol–water partition coefficient (Wildman–Crippen LogP) is 7.42. The second-order valence-electron chi connectivity index (χ2n) is 10.6. The molecule has 0 bridgehead atoms. The Morgan fingerprint density at radius 1 is 0.500 bits per heavy atom. The van der Waals surface area contributed by atoms with Crippen molar-refractivity contribution in [2.24, 2.45) is 0 Å². The molecule has 10 heteroatoms. The molecule has 0 atom stereocenters. The molecule has 40 heavy (non-hydrogen) atoms. The second kappa shape index (κ2) is 32.9. The first-order valence-electron chi connectivity index (χ1n) is 15.4. The van der Waals surface area contributed by atoms with Crippen LogP contribution in [-0.4, -0.2) is 94.9 Å². The van der Waals surface area contributed by atoms with Gasteiger partial charge in [0.1, 0.15) is 0 Å². The Morgan fingerprint density at radius 3 is 0.950 bits per heavy atom. The number of rotatable bonds is 22. The minimum atomic E-state index is -3.73. The van der Waals surface area contributed by atoms with Gasteiger partial charge in [-0.25, -0.2) is 0 Å². The molecule has 0 amide bonds. The van der Waals surface area contributed by atoms with Gasteiger partial charge in [0, 0.05) is 0 Å². The molecule has 0 radical (unpaired) electrons. The van der Waals surface area contributed by atoms with Crippen molar-refractivity contribution < 1.29 is 25.9 Å². The molecule has 6 nitrogen and oxygen atoms in total. The van der Waals surface area contributed by atoms with E-state index in [1.54, 1.807) is 0 Å². The van der Waals surface area contributed by atoms with Crippen molar-refractivity contribution in [2.75, 3.05) is 11.5 Å². The molecular formula is C30H58Na2O6S2. The molecular weight excluding hydrogens is 566 g/mol. The maximum absolute atomic E-state index is 10.4. The topological polar surface area (TPSA) is 109 Å². The van der Waals surface area contributed by atoms with Gasteiger partial charge in [0.05, 0.1) is 11.5 Å². The molecule has 0 aromatic heterocycles. The van der Waals surface area contributed by atoms with Crippen LogP contribution in [0.2, 0.25) is 0 Å². The zero-order valence-electron chi connectivity index (χ0n) is 25.3. The van der Waals surface area contributed by atoms with E-state index in [0.29, 0.717) is 12.8 Å². The van der Waals surface area contributed by atoms with Gasteiger partial charge < -0.3 is 0 Å². The van der Waals surface area contributed by atoms with Crippen molar-refractivity contribution in [1.82, 2.24) is 0 Å². The zero-order valence-corrected chi connectivity index (χ0v) is 28.9. The van der Waals surface area contributed by atoms with E-state index < -0.39 is 20.2 Å². The van der Waals surface area contributed by atoms with Crippen LogP contribution >= 0.6 is 0 Å². The quantitative estimate of drug-likeness (QED) is 0.0789. The molecule has 0 fully saturated rings. The number of hydrogen-bond acceptors (Lipinski definition) is 4. The van der Waals surface area contributed by atoms with Crippen LogP contribution in [0.1, 0.15) is 142 Å². The molecule has 2 N–H and O–H groups in total. The van der Waals surface area contributed by atoms with Crippen molar-refractivity contribution in [3.8, 4) is 0 Å². The first-order chi connectivity index (χ1) is 18.5. The predicted molar refractivity (Wildman–Crippen MR) is 175 cm³/mol. The Labute approximate surface area is 287 Å². The summed E-state index contributed by atoms with van der Waals surface area (Å²) in [5.74, 6) is -0.160. The van der Waals surface area contributed by atoms with Gasteiger partial charge in [-0.05, 0) is 12.8 Å². The second-order valence-corrected chi connectivity index (χ2v) is 14.9. The Morgan fingerprint density at radius 2 is 0.750 bits per heavy atom. The van der Waals surface area contributed by atoms with E-state index in [-0.39, 0.29) is 41.1 Å². The molecule has 228 valence electrons. The van der Waals surface area contributed by atoms with Crippen LogP contribution in [0, 0.1) is 0 Å². The van der Waals surface area contributed by atoms with Crippen LogP contribution in [-0.2, 0) is 20.2 Å². The standard InChI is InChI=1S/2C12H26O3S.C6H5.2Na.H/c2*1-2-3-4-5-6-7-8-9-10-11-12-16(13,14)15;1-2-4-6-5-3-1;;;/h2*2-12H2,1H3,(H,13,14,15);1-5H;;;. The van der Waals surface area contributed by atoms with Crippen LogP contribution in [0.15, 0.2) is 30.3 Å². The van der Waals surface area contributed by atoms with Gasteiger partial charge in [0.25, 0.3) is 20.2 Å². The Hall–Kier alpha value is 1.04. The van der Waals surface area contributed by atoms with Crippen LogP contribution in [0.3, 0.4) is 0 Å². The van der Waals surface area contributed by atoms with Crippen LogP contribution in [0.5, 0.6) is 0 Å². The summed E-state index contributed by atoms with van der Waals surface area (Å²) >= 11 is 1.17. The Bertz CT molecular complexity index is 783. The zero-order chi connectivity index (χ0) is 29.7. The molecule has 0 heterocycles. The average molecular weight is 625 g/mol. The molecule has 0 aliphatic heterocycles. The van der Waals surface area contributed by atoms with E-state index in [1.165, 1.54) is 121 Å². The summed E-state index contributed by atoms with van der Waals surface area (Å²) in [5.41, 5.74) is 0. The summed E-state index contributed by atoms with van der Waals surface area (Å²) in [7, 11) is -7.46. The fourth-order valence-electron chi connectivity index (χ4n) is 4.08. The molecule has 0 unspecified atom stereocenters. The fourth-order valence-corrected chi connectivity index (χ4v) is 5.60. The third-order valence-corrected chi connectivity index (χ3v) is 8.73. The summed E-state index contributed by atoms with van der Waals surface area (Å²) in [4.78, 5) is 0. The van der Waals surface area contributed by atoms with E-state index in [0.717, 1.165) is 25.7 Å². The molecule has 1 aromatic carbocycles. The maximum atomic E-state index is 10.4. The van der Waals surface area contributed by atoms with Crippen LogP contribution in [0.25, 0.3) is 0 Å². The van der Waals surface area contributed by atoms with E-state index in [2.05, 4.69) is 38.1 Å². The van der Waals surface area contributed by atoms with Gasteiger partial charge in [0.2, 0.25) is 0 Å². The van der Waals surface area contributed by atoms with Gasteiger partial charge in [-0.1, -0.05) is 129 Å². The molecule has 0 aliphatic rings. The van der Waals surface area contributed by atoms with E-state index >= 15 is 0 Å². The SMILES string of the molecule is CCCCCCCCCCCCS(=O)(=O)O.CCCCCCCCCCCCS(=O)(=O)O.[NaH].[Na][c]1ccccc1. The summed E-state index contributed by atoms with van der Waals surface area (Å²) in [6.45, 7) is 4.43. The van der Waals surface area contributed by atoms with Crippen molar-refractivity contribution in [3.63, 3.8) is 0 Å². The monoisotopic (exact) mass is 624 g/mol. The van der Waals surface area contributed by atoms with Crippen molar-refractivity contribution >= 4 is 80.5 Å². The fraction of sp³-hybridized carbons (Fsp3) is 0.800. The van der Waals surface area contributed by atoms with Crippen LogP contribution < -0.4 is 2.81 Å². The summed E-state index contributed by atoms with van der Waals surface area (Å²) < 4.78 is 60.2. The van der Waals surface area contributed by atoms with Gasteiger partial charge in [-0.15, -0.1) is 0 Å². The Balaban J connectivity index is -0.000000541. The number of hydrogen-bond donors (Lipinski definition) is 2. The molecule has 1 aromatic rings. The third kappa shape index (κ3) is 46.0. The van der Waals surface area contributed by atoms with Crippen molar-refractivity contribution in [3.05, 3.63) is 30.3 Å². The molecule has 0 saturated carbocycles. The summed E-state index contributed by atoms with van der Waals surface area (Å²) in [6, 6.07) is 10.5. The van der Waals surface area contributed by atoms with Gasteiger partial charge in [-0.3, -0.25) is 9.11 Å². The minimum absolute atomic E-state index is 0. The van der Waals surface area contributed by atoms with E-state index in [4.69, 9.17) is 9.11 Å². The van der Waals surface area contributed by atoms with Crippen molar-refractivity contribution in [2.45, 2.75) is 142 Å². The summed E-state index contributed by atoms with van der Waals surface area (Å²) in [6.07, 6.45) is 23.3.